The van der Waals surface area contributed by atoms with Gasteiger partial charge in [-0.1, -0.05) is 54.9 Å². The molecule has 0 saturated carbocycles. The van der Waals surface area contributed by atoms with Crippen LogP contribution < -0.4 is 5.56 Å². The van der Waals surface area contributed by atoms with E-state index in [0.29, 0.717) is 28.5 Å². The molecule has 0 aliphatic rings. The molecule has 31 heavy (non-hydrogen) atoms. The monoisotopic (exact) mass is 449 g/mol. The van der Waals surface area contributed by atoms with E-state index in [-0.39, 0.29) is 5.56 Å². The molecular weight excluding hydrogens is 430 g/mol. The van der Waals surface area contributed by atoms with Crippen molar-refractivity contribution < 1.29 is 0 Å². The van der Waals surface area contributed by atoms with Gasteiger partial charge in [-0.25, -0.2) is 0 Å². The van der Waals surface area contributed by atoms with Crippen LogP contribution in [0.1, 0.15) is 25.3 Å². The summed E-state index contributed by atoms with van der Waals surface area (Å²) in [6.45, 7) is 2.73. The second kappa shape index (κ2) is 8.32. The molecule has 5 aromatic rings. The zero-order valence-corrected chi connectivity index (χ0v) is 18.5. The summed E-state index contributed by atoms with van der Waals surface area (Å²) in [7, 11) is 0. The minimum atomic E-state index is -0.0200. The fourth-order valence-corrected chi connectivity index (χ4v) is 4.94. The van der Waals surface area contributed by atoms with Gasteiger partial charge < -0.3 is 0 Å². The SMILES string of the molecule is CCCCn1c(=O)c2ccccc2n2c(SCc3ccc(Cl)c4cccnc34)nnc12. The quantitative estimate of drug-likeness (QED) is 0.327. The summed E-state index contributed by atoms with van der Waals surface area (Å²) in [6, 6.07) is 15.4. The van der Waals surface area contributed by atoms with Crippen molar-refractivity contribution >= 4 is 50.9 Å². The Labute approximate surface area is 187 Å². The van der Waals surface area contributed by atoms with Gasteiger partial charge in [0.25, 0.3) is 5.56 Å². The molecule has 0 fully saturated rings. The average molecular weight is 450 g/mol. The molecule has 8 heteroatoms. The lowest BCUT2D eigenvalue weighted by atomic mass is 10.1. The largest absolute Gasteiger partial charge is 0.276 e. The molecule has 156 valence electrons. The summed E-state index contributed by atoms with van der Waals surface area (Å²) in [6.07, 6.45) is 3.68. The Morgan fingerprint density at radius 2 is 1.87 bits per heavy atom. The van der Waals surface area contributed by atoms with Crippen LogP contribution in [-0.4, -0.2) is 24.1 Å². The zero-order valence-electron chi connectivity index (χ0n) is 17.0. The van der Waals surface area contributed by atoms with Crippen LogP contribution in [0.15, 0.2) is 64.7 Å². The van der Waals surface area contributed by atoms with Gasteiger partial charge in [0.1, 0.15) is 0 Å². The predicted octanol–water partition coefficient (Wildman–Crippen LogP) is 5.34. The third kappa shape index (κ3) is 3.47. The summed E-state index contributed by atoms with van der Waals surface area (Å²) in [5.41, 5.74) is 2.77. The van der Waals surface area contributed by atoms with Crippen molar-refractivity contribution in [3.63, 3.8) is 0 Å². The van der Waals surface area contributed by atoms with Crippen molar-refractivity contribution in [2.75, 3.05) is 0 Å². The molecule has 0 aliphatic carbocycles. The summed E-state index contributed by atoms with van der Waals surface area (Å²) in [5.74, 6) is 1.24. The number of para-hydroxylation sites is 1. The number of aryl methyl sites for hydroxylation is 1. The van der Waals surface area contributed by atoms with Crippen LogP contribution in [-0.2, 0) is 12.3 Å². The van der Waals surface area contributed by atoms with Gasteiger partial charge >= 0.3 is 0 Å². The van der Waals surface area contributed by atoms with E-state index in [1.54, 1.807) is 22.5 Å². The molecule has 0 unspecified atom stereocenters. The third-order valence-electron chi connectivity index (χ3n) is 5.37. The first-order valence-corrected chi connectivity index (χ1v) is 11.6. The van der Waals surface area contributed by atoms with Gasteiger partial charge in [-0.15, -0.1) is 10.2 Å². The Morgan fingerprint density at radius 3 is 2.74 bits per heavy atom. The summed E-state index contributed by atoms with van der Waals surface area (Å²) in [5, 5.41) is 11.9. The Balaban J connectivity index is 1.61. The van der Waals surface area contributed by atoms with Gasteiger partial charge in [-0.05, 0) is 42.3 Å². The highest BCUT2D eigenvalue weighted by molar-refractivity contribution is 7.98. The van der Waals surface area contributed by atoms with Crippen LogP contribution in [0.5, 0.6) is 0 Å². The van der Waals surface area contributed by atoms with Crippen LogP contribution in [0.4, 0.5) is 0 Å². The highest BCUT2D eigenvalue weighted by Crippen LogP contribution is 2.30. The smallest absolute Gasteiger partial charge is 0.262 e. The number of rotatable bonds is 6. The van der Waals surface area contributed by atoms with Crippen molar-refractivity contribution in [3.05, 3.63) is 75.7 Å². The molecule has 0 saturated heterocycles. The number of unbranched alkanes of at least 4 members (excludes halogenated alkanes) is 1. The molecule has 2 aromatic carbocycles. The Hall–Kier alpha value is -2.90. The molecule has 6 nitrogen and oxygen atoms in total. The summed E-state index contributed by atoms with van der Waals surface area (Å²) >= 11 is 7.91. The first-order valence-electron chi connectivity index (χ1n) is 10.2. The molecule has 0 spiro atoms. The van der Waals surface area contributed by atoms with Gasteiger partial charge in [0.2, 0.25) is 5.78 Å². The number of aromatic nitrogens is 5. The fourth-order valence-electron chi connectivity index (χ4n) is 3.80. The molecule has 0 amide bonds. The highest BCUT2D eigenvalue weighted by Gasteiger charge is 2.17. The summed E-state index contributed by atoms with van der Waals surface area (Å²) < 4.78 is 3.73. The minimum Gasteiger partial charge on any atom is -0.276 e. The molecule has 3 aromatic heterocycles. The molecule has 0 N–H and O–H groups in total. The maximum Gasteiger partial charge on any atom is 0.262 e. The molecule has 0 bridgehead atoms. The zero-order chi connectivity index (χ0) is 21.4. The number of hydrogen-bond donors (Lipinski definition) is 0. The predicted molar refractivity (Wildman–Crippen MR) is 126 cm³/mol. The van der Waals surface area contributed by atoms with Gasteiger partial charge in [0, 0.05) is 28.9 Å². The number of pyridine rings is 1. The molecular formula is C23H20ClN5OS. The topological polar surface area (TPSA) is 65.1 Å². The number of fused-ring (bicyclic) bond motifs is 4. The molecule has 0 atom stereocenters. The third-order valence-corrected chi connectivity index (χ3v) is 6.68. The lowest BCUT2D eigenvalue weighted by molar-refractivity contribution is 0.620. The number of nitrogens with zero attached hydrogens (tertiary/aromatic N) is 5. The van der Waals surface area contributed by atoms with Gasteiger partial charge in [-0.3, -0.25) is 18.7 Å². The maximum atomic E-state index is 13.1. The van der Waals surface area contributed by atoms with Crippen molar-refractivity contribution in [2.24, 2.45) is 0 Å². The molecule has 3 heterocycles. The molecule has 5 rings (SSSR count). The normalized spacial score (nSPS) is 11.7. The van der Waals surface area contributed by atoms with Gasteiger partial charge in [-0.2, -0.15) is 0 Å². The van der Waals surface area contributed by atoms with E-state index in [9.17, 15) is 4.79 Å². The van der Waals surface area contributed by atoms with Gasteiger partial charge in [0.05, 0.1) is 16.4 Å². The summed E-state index contributed by atoms with van der Waals surface area (Å²) in [4.78, 5) is 17.6. The van der Waals surface area contributed by atoms with Crippen molar-refractivity contribution in [2.45, 2.75) is 37.2 Å². The van der Waals surface area contributed by atoms with E-state index in [1.165, 1.54) is 0 Å². The van der Waals surface area contributed by atoms with Crippen LogP contribution in [0, 0.1) is 0 Å². The average Bonchev–Trinajstić information content (AvgIpc) is 3.23. The van der Waals surface area contributed by atoms with Crippen LogP contribution in [0.25, 0.3) is 27.6 Å². The maximum absolute atomic E-state index is 13.1. The second-order valence-electron chi connectivity index (χ2n) is 7.34. The van der Waals surface area contributed by atoms with Crippen LogP contribution in [0.3, 0.4) is 0 Å². The van der Waals surface area contributed by atoms with Crippen molar-refractivity contribution in [3.8, 4) is 0 Å². The van der Waals surface area contributed by atoms with Crippen molar-refractivity contribution in [1.82, 2.24) is 24.1 Å². The fraction of sp³-hybridized carbons (Fsp3) is 0.217. The van der Waals surface area contributed by atoms with Gasteiger partial charge in [0.15, 0.2) is 5.16 Å². The Bertz CT molecular complexity index is 1480. The van der Waals surface area contributed by atoms with E-state index < -0.39 is 0 Å². The minimum absolute atomic E-state index is 0.0200. The first kappa shape index (κ1) is 20.0. The lowest BCUT2D eigenvalue weighted by Gasteiger charge is -2.11. The van der Waals surface area contributed by atoms with E-state index >= 15 is 0 Å². The van der Waals surface area contributed by atoms with Crippen LogP contribution >= 0.6 is 23.4 Å². The lowest BCUT2D eigenvalue weighted by Crippen LogP contribution is -2.23. The van der Waals surface area contributed by atoms with E-state index in [1.807, 2.05) is 52.9 Å². The van der Waals surface area contributed by atoms with E-state index in [0.717, 1.165) is 40.0 Å². The second-order valence-corrected chi connectivity index (χ2v) is 8.69. The molecule has 0 aliphatic heterocycles. The molecule has 0 radical (unpaired) electrons. The number of benzene rings is 2. The van der Waals surface area contributed by atoms with Crippen LogP contribution in [0.2, 0.25) is 5.02 Å². The number of halogens is 1. The van der Waals surface area contributed by atoms with E-state index in [2.05, 4.69) is 22.1 Å². The number of hydrogen-bond acceptors (Lipinski definition) is 5. The van der Waals surface area contributed by atoms with E-state index in [4.69, 9.17) is 11.6 Å². The Kier molecular flexibility index (Phi) is 5.38. The standard InChI is InChI=1S/C23H20ClN5OS/c1-2-3-13-28-21(30)17-7-4-5-9-19(17)29-22(28)26-27-23(29)31-14-15-10-11-18(24)16-8-6-12-25-20(15)16/h4-12H,2-3,13-14H2,1H3. The van der Waals surface area contributed by atoms with Crippen molar-refractivity contribution in [1.29, 1.82) is 0 Å². The number of thioether (sulfide) groups is 1. The highest BCUT2D eigenvalue weighted by atomic mass is 35.5. The first-order chi connectivity index (χ1) is 15.2. The Morgan fingerprint density at radius 1 is 1.03 bits per heavy atom.